The fourth-order valence-corrected chi connectivity index (χ4v) is 5.19. The van der Waals surface area contributed by atoms with Crippen molar-refractivity contribution in [2.24, 2.45) is 5.92 Å². The van der Waals surface area contributed by atoms with Crippen LogP contribution in [0.25, 0.3) is 11.7 Å². The molecule has 0 spiro atoms. The number of hydrogen-bond donors (Lipinski definition) is 3. The number of rotatable bonds is 6. The van der Waals surface area contributed by atoms with E-state index in [0.717, 1.165) is 11.8 Å². The summed E-state index contributed by atoms with van der Waals surface area (Å²) in [5, 5.41) is 17.0. The smallest absolute Gasteiger partial charge is 0.328 e. The lowest BCUT2D eigenvalue weighted by Crippen LogP contribution is -2.43. The molecule has 0 aromatic carbocycles. The second-order valence-electron chi connectivity index (χ2n) is 10.1. The topological polar surface area (TPSA) is 146 Å². The first-order valence-corrected chi connectivity index (χ1v) is 13.1. The summed E-state index contributed by atoms with van der Waals surface area (Å²) >= 11 is 1.33. The van der Waals surface area contributed by atoms with E-state index < -0.39 is 17.4 Å². The van der Waals surface area contributed by atoms with Gasteiger partial charge >= 0.3 is 5.97 Å². The molecule has 3 aromatic rings. The van der Waals surface area contributed by atoms with E-state index in [0.29, 0.717) is 31.1 Å². The number of carboxylic acid groups (broad SMARTS) is 1. The molecule has 11 nitrogen and oxygen atoms in total. The van der Waals surface area contributed by atoms with Gasteiger partial charge in [-0.2, -0.15) is 0 Å². The number of nitrogens with one attached hydrogen (secondary N) is 2. The maximum Gasteiger partial charge on any atom is 0.328 e. The third-order valence-electron chi connectivity index (χ3n) is 6.33. The van der Waals surface area contributed by atoms with Gasteiger partial charge in [0.2, 0.25) is 5.91 Å². The van der Waals surface area contributed by atoms with E-state index in [9.17, 15) is 19.2 Å². The van der Waals surface area contributed by atoms with Crippen LogP contribution >= 0.6 is 11.3 Å². The molecule has 3 N–H and O–H groups in total. The van der Waals surface area contributed by atoms with Gasteiger partial charge < -0.3 is 15.3 Å². The number of piperidine rings is 1. The van der Waals surface area contributed by atoms with Crippen LogP contribution in [0.1, 0.15) is 55.2 Å². The van der Waals surface area contributed by atoms with Gasteiger partial charge in [0.15, 0.2) is 5.13 Å². The van der Waals surface area contributed by atoms with Crippen LogP contribution in [0.4, 0.5) is 10.9 Å². The number of aliphatic carboxylic acids is 1. The van der Waals surface area contributed by atoms with Crippen molar-refractivity contribution in [3.8, 4) is 0 Å². The molecule has 3 aromatic heterocycles. The number of anilines is 2. The monoisotopic (exact) mass is 538 g/mol. The van der Waals surface area contributed by atoms with Crippen LogP contribution < -0.4 is 21.1 Å². The van der Waals surface area contributed by atoms with Crippen molar-refractivity contribution in [3.63, 3.8) is 0 Å². The Balaban J connectivity index is 1.73. The Morgan fingerprint density at radius 3 is 2.66 bits per heavy atom. The van der Waals surface area contributed by atoms with Crippen molar-refractivity contribution in [2.45, 2.75) is 39.0 Å². The molecule has 4 heterocycles. The highest BCUT2D eigenvalue weighted by Crippen LogP contribution is 2.27. The summed E-state index contributed by atoms with van der Waals surface area (Å²) in [4.78, 5) is 60.9. The van der Waals surface area contributed by atoms with Crippen molar-refractivity contribution >= 4 is 51.8 Å². The zero-order chi connectivity index (χ0) is 27.6. The van der Waals surface area contributed by atoms with Gasteiger partial charge in [-0.3, -0.25) is 24.1 Å². The van der Waals surface area contributed by atoms with E-state index in [1.807, 2.05) is 31.1 Å². The minimum absolute atomic E-state index is 0.0946. The Morgan fingerprint density at radius 2 is 2.00 bits per heavy atom. The summed E-state index contributed by atoms with van der Waals surface area (Å²) < 4.78 is 1.27. The molecule has 38 heavy (non-hydrogen) atoms. The van der Waals surface area contributed by atoms with Crippen LogP contribution in [0.5, 0.6) is 0 Å². The van der Waals surface area contributed by atoms with Crippen LogP contribution in [0.15, 0.2) is 34.6 Å². The number of carboxylic acids is 1. The number of thiazole rings is 1. The highest BCUT2D eigenvalue weighted by Gasteiger charge is 2.28. The molecule has 1 unspecified atom stereocenters. The van der Waals surface area contributed by atoms with Crippen molar-refractivity contribution in [3.05, 3.63) is 57.0 Å². The summed E-state index contributed by atoms with van der Waals surface area (Å²) in [6, 6.07) is 3.00. The summed E-state index contributed by atoms with van der Waals surface area (Å²) in [7, 11) is 1.57. The molecular formula is C26H30N6O5S. The summed E-state index contributed by atoms with van der Waals surface area (Å²) in [5.41, 5.74) is 0.839. The molecule has 1 saturated heterocycles. The quantitative estimate of drug-likeness (QED) is 0.406. The highest BCUT2D eigenvalue weighted by atomic mass is 32.1. The number of carbonyl (C=O) groups is 3. The number of fused-ring (bicyclic) bond motifs is 1. The van der Waals surface area contributed by atoms with Crippen LogP contribution in [0.3, 0.4) is 0 Å². The van der Waals surface area contributed by atoms with Crippen molar-refractivity contribution in [1.29, 1.82) is 0 Å². The van der Waals surface area contributed by atoms with Crippen molar-refractivity contribution in [2.75, 3.05) is 30.4 Å². The van der Waals surface area contributed by atoms with Gasteiger partial charge in [-0.25, -0.2) is 14.8 Å². The summed E-state index contributed by atoms with van der Waals surface area (Å²) in [6.07, 6.45) is 4.94. The lowest BCUT2D eigenvalue weighted by molar-refractivity contribution is -0.131. The third-order valence-corrected chi connectivity index (χ3v) is 7.09. The Bertz CT molecular complexity index is 1490. The van der Waals surface area contributed by atoms with Crippen LogP contribution in [0, 0.1) is 5.92 Å². The summed E-state index contributed by atoms with van der Waals surface area (Å²) in [5.74, 6) is -1.73. The van der Waals surface area contributed by atoms with Crippen LogP contribution in [-0.4, -0.2) is 57.4 Å². The van der Waals surface area contributed by atoms with E-state index in [4.69, 9.17) is 5.11 Å². The first-order valence-electron chi connectivity index (χ1n) is 12.2. The largest absolute Gasteiger partial charge is 0.478 e. The second kappa shape index (κ2) is 10.7. The van der Waals surface area contributed by atoms with Crippen molar-refractivity contribution < 1.29 is 19.5 Å². The number of hydrogen-bond acceptors (Lipinski definition) is 8. The average Bonchev–Trinajstić information content (AvgIpc) is 3.36. The Kier molecular flexibility index (Phi) is 7.63. The summed E-state index contributed by atoms with van der Waals surface area (Å²) in [6.45, 7) is 6.99. The van der Waals surface area contributed by atoms with Gasteiger partial charge in [-0.15, -0.1) is 11.3 Å². The van der Waals surface area contributed by atoms with Gasteiger partial charge in [-0.1, -0.05) is 20.8 Å². The molecule has 1 aliphatic heterocycles. The Hall–Kier alpha value is -4.06. The van der Waals surface area contributed by atoms with Crippen LogP contribution in [0.2, 0.25) is 0 Å². The zero-order valence-corrected chi connectivity index (χ0v) is 22.5. The zero-order valence-electron chi connectivity index (χ0n) is 21.6. The minimum atomic E-state index is -1.20. The van der Waals surface area contributed by atoms with E-state index in [-0.39, 0.29) is 39.8 Å². The maximum absolute atomic E-state index is 13.4. The van der Waals surface area contributed by atoms with Gasteiger partial charge in [0.05, 0.1) is 17.2 Å². The first kappa shape index (κ1) is 27.0. The van der Waals surface area contributed by atoms with Crippen molar-refractivity contribution in [1.82, 2.24) is 19.7 Å². The molecule has 1 atom stereocenters. The predicted molar refractivity (Wildman–Crippen MR) is 146 cm³/mol. The normalized spacial score (nSPS) is 16.1. The molecule has 1 fully saturated rings. The Labute approximate surface area is 223 Å². The average molecular weight is 539 g/mol. The molecule has 200 valence electrons. The molecule has 0 saturated carbocycles. The standard InChI is InChI=1S/C26H30N6O5S/c1-26(2,3)18-14-38-25(28-18)30-23(36)15-9-11-32-19(12-15)29-21(17(24(32)37)7-8-20(33)34)31-10-5-6-16(13-31)22(35)27-4/h7-9,11-12,14,16H,5-6,10,13H2,1-4H3,(H,27,35)(H,33,34)(H,28,30,36). The number of nitrogens with zero attached hydrogens (tertiary/aromatic N) is 4. The molecule has 0 radical (unpaired) electrons. The van der Waals surface area contributed by atoms with Gasteiger partial charge in [0.1, 0.15) is 11.5 Å². The van der Waals surface area contributed by atoms with E-state index in [1.54, 1.807) is 7.05 Å². The molecule has 1 aliphatic rings. The fraction of sp³-hybridized carbons (Fsp3) is 0.385. The van der Waals surface area contributed by atoms with E-state index in [1.165, 1.54) is 40.1 Å². The molecule has 12 heteroatoms. The van der Waals surface area contributed by atoms with Gasteiger partial charge in [0.25, 0.3) is 11.5 Å². The molecule has 0 bridgehead atoms. The molecule has 0 aliphatic carbocycles. The number of pyridine rings is 1. The van der Waals surface area contributed by atoms with Gasteiger partial charge in [0, 0.05) is 48.8 Å². The fourth-order valence-electron chi connectivity index (χ4n) is 4.26. The Morgan fingerprint density at radius 1 is 1.24 bits per heavy atom. The van der Waals surface area contributed by atoms with E-state index in [2.05, 4.69) is 20.6 Å². The lowest BCUT2D eigenvalue weighted by atomic mass is 9.93. The first-order chi connectivity index (χ1) is 18.0. The molecule has 4 rings (SSSR count). The van der Waals surface area contributed by atoms with E-state index >= 15 is 0 Å². The lowest BCUT2D eigenvalue weighted by Gasteiger charge is -2.33. The predicted octanol–water partition coefficient (Wildman–Crippen LogP) is 2.76. The molecule has 2 amide bonds. The number of amides is 2. The third kappa shape index (κ3) is 5.75. The minimum Gasteiger partial charge on any atom is -0.478 e. The van der Waals surface area contributed by atoms with Crippen LogP contribution in [-0.2, 0) is 15.0 Å². The molecular weight excluding hydrogens is 508 g/mol. The second-order valence-corrected chi connectivity index (χ2v) is 11.0. The number of carbonyl (C=O) groups excluding carboxylic acids is 2. The SMILES string of the molecule is CNC(=O)C1CCCN(c2nc3cc(C(=O)Nc4nc(C(C)(C)C)cs4)ccn3c(=O)c2C=CC(=O)O)C1. The number of aromatic nitrogens is 3. The highest BCUT2D eigenvalue weighted by molar-refractivity contribution is 7.14. The maximum atomic E-state index is 13.4. The van der Waals surface area contributed by atoms with Gasteiger partial charge in [-0.05, 0) is 31.1 Å².